The van der Waals surface area contributed by atoms with Gasteiger partial charge < -0.3 is 10.2 Å². The normalized spacial score (nSPS) is 49.7. The van der Waals surface area contributed by atoms with Crippen LogP contribution in [0, 0.1) is 58.2 Å². The highest BCUT2D eigenvalue weighted by Gasteiger charge is 2.55. The zero-order valence-electron chi connectivity index (χ0n) is 26.4. The third-order valence-electron chi connectivity index (χ3n) is 15.0. The van der Waals surface area contributed by atoms with Gasteiger partial charge in [-0.15, -0.1) is 0 Å². The molecule has 232 valence electrons. The molecular weight excluding hydrogens is 520 g/mol. The van der Waals surface area contributed by atoms with Crippen LogP contribution >= 0.6 is 0 Å². The van der Waals surface area contributed by atoms with Gasteiger partial charge in [-0.2, -0.15) is 0 Å². The summed E-state index contributed by atoms with van der Waals surface area (Å²) < 4.78 is 0. The number of aliphatic hydroxyl groups is 2. The molecule has 0 aromatic carbocycles. The second-order valence-electron chi connectivity index (χ2n) is 16.6. The lowest BCUT2D eigenvalue weighted by Gasteiger charge is -2.58. The summed E-state index contributed by atoms with van der Waals surface area (Å²) >= 11 is 0. The van der Waals surface area contributed by atoms with E-state index in [2.05, 4.69) is 13.8 Å². The van der Waals surface area contributed by atoms with Gasteiger partial charge in [-0.3, -0.25) is 9.59 Å². The van der Waals surface area contributed by atoms with Gasteiger partial charge in [0.1, 0.15) is 0 Å². The summed E-state index contributed by atoms with van der Waals surface area (Å²) in [6.45, 7) is 4.71. The molecule has 12 unspecified atom stereocenters. The molecule has 0 aliphatic heterocycles. The van der Waals surface area contributed by atoms with E-state index >= 15 is 0 Å². The second-order valence-corrected chi connectivity index (χ2v) is 16.6. The van der Waals surface area contributed by atoms with E-state index in [1.54, 1.807) is 0 Å². The fourth-order valence-electron chi connectivity index (χ4n) is 12.7. The Kier molecular flexibility index (Phi) is 7.90. The molecular formula is C38H56O4. The molecule has 0 bridgehead atoms. The van der Waals surface area contributed by atoms with E-state index in [1.165, 1.54) is 75.4 Å². The quantitative estimate of drug-likeness (QED) is 0.309. The molecule has 2 N–H and O–H groups in total. The van der Waals surface area contributed by atoms with Crippen LogP contribution in [0.3, 0.4) is 0 Å². The number of rotatable bonds is 0. The Morgan fingerprint density at radius 2 is 0.976 bits per heavy atom. The Bertz CT molecular complexity index is 1050. The van der Waals surface area contributed by atoms with Crippen LogP contribution in [0.25, 0.3) is 0 Å². The summed E-state index contributed by atoms with van der Waals surface area (Å²) in [6, 6.07) is 0. The van der Waals surface area contributed by atoms with Crippen molar-refractivity contribution in [2.75, 3.05) is 0 Å². The molecule has 0 aromatic heterocycles. The van der Waals surface area contributed by atoms with Gasteiger partial charge in [-0.05, 0) is 160 Å². The molecule has 8 rings (SSSR count). The Balaban J connectivity index is 0.000000137. The average Bonchev–Trinajstić information content (AvgIpc) is 2.98. The van der Waals surface area contributed by atoms with Gasteiger partial charge in [0.2, 0.25) is 0 Å². The Labute approximate surface area is 254 Å². The van der Waals surface area contributed by atoms with Crippen molar-refractivity contribution in [2.45, 2.75) is 142 Å². The van der Waals surface area contributed by atoms with E-state index in [0.29, 0.717) is 23.4 Å². The van der Waals surface area contributed by atoms with Crippen LogP contribution in [-0.2, 0) is 9.59 Å². The topological polar surface area (TPSA) is 74.6 Å². The summed E-state index contributed by atoms with van der Waals surface area (Å²) in [5, 5.41) is 21.1. The maximum atomic E-state index is 11.7. The first-order chi connectivity index (χ1) is 20.2. The molecule has 8 aliphatic carbocycles. The van der Waals surface area contributed by atoms with Crippen LogP contribution in [0.4, 0.5) is 0 Å². The van der Waals surface area contributed by atoms with Gasteiger partial charge >= 0.3 is 0 Å². The van der Waals surface area contributed by atoms with Gasteiger partial charge in [0.15, 0.2) is 11.6 Å². The molecule has 4 heteroatoms. The molecule has 0 saturated heterocycles. The summed E-state index contributed by atoms with van der Waals surface area (Å²) in [4.78, 5) is 23.4. The largest absolute Gasteiger partial charge is 0.393 e. The van der Waals surface area contributed by atoms with Crippen LogP contribution in [0.15, 0.2) is 23.3 Å². The third kappa shape index (κ3) is 4.84. The summed E-state index contributed by atoms with van der Waals surface area (Å²) in [6.07, 6.45) is 24.3. The highest BCUT2D eigenvalue weighted by Crippen LogP contribution is 2.62. The monoisotopic (exact) mass is 576 g/mol. The minimum Gasteiger partial charge on any atom is -0.393 e. The molecule has 0 aromatic rings. The summed E-state index contributed by atoms with van der Waals surface area (Å²) in [5.74, 6) is 6.71. The van der Waals surface area contributed by atoms with Crippen molar-refractivity contribution in [1.29, 1.82) is 0 Å². The first-order valence-electron chi connectivity index (χ1n) is 18.0. The fraction of sp³-hybridized carbons (Fsp3) is 0.842. The standard InChI is InChI=1S/2C19H28O2/c2*1-19-10-9-15-14-8-6-13(20)11-12(14)5-7-16(15)17(19)3-2-4-18(19)21/h2*11,14-18,21H,2-10H2,1H3. The predicted molar refractivity (Wildman–Crippen MR) is 165 cm³/mol. The van der Waals surface area contributed by atoms with Crippen molar-refractivity contribution >= 4 is 11.6 Å². The third-order valence-corrected chi connectivity index (χ3v) is 15.0. The zero-order chi connectivity index (χ0) is 29.2. The van der Waals surface area contributed by atoms with E-state index in [4.69, 9.17) is 0 Å². The molecule has 0 spiro atoms. The molecule has 0 amide bonds. The number of carbonyl (C=O) groups excluding carboxylic acids is 2. The summed E-state index contributed by atoms with van der Waals surface area (Å²) in [5.41, 5.74) is 3.27. The predicted octanol–water partition coefficient (Wildman–Crippen LogP) is 7.76. The molecule has 6 fully saturated rings. The smallest absolute Gasteiger partial charge is 0.155 e. The first kappa shape index (κ1) is 29.5. The average molecular weight is 577 g/mol. The van der Waals surface area contributed by atoms with Gasteiger partial charge in [0.25, 0.3) is 0 Å². The number of aliphatic hydroxyl groups excluding tert-OH is 2. The van der Waals surface area contributed by atoms with Crippen molar-refractivity contribution in [3.63, 3.8) is 0 Å². The summed E-state index contributed by atoms with van der Waals surface area (Å²) in [7, 11) is 0. The van der Waals surface area contributed by atoms with E-state index in [-0.39, 0.29) is 23.0 Å². The molecule has 0 heterocycles. The van der Waals surface area contributed by atoms with E-state index in [9.17, 15) is 19.8 Å². The number of carbonyl (C=O) groups is 2. The molecule has 6 saturated carbocycles. The van der Waals surface area contributed by atoms with Crippen molar-refractivity contribution in [2.24, 2.45) is 58.2 Å². The Morgan fingerprint density at radius 3 is 1.40 bits per heavy atom. The van der Waals surface area contributed by atoms with Crippen LogP contribution in [0.2, 0.25) is 0 Å². The van der Waals surface area contributed by atoms with Gasteiger partial charge in [-0.25, -0.2) is 0 Å². The lowest BCUT2D eigenvalue weighted by atomic mass is 9.48. The first-order valence-corrected chi connectivity index (χ1v) is 18.0. The maximum Gasteiger partial charge on any atom is 0.155 e. The van der Waals surface area contributed by atoms with Crippen LogP contribution in [0.1, 0.15) is 129 Å². The van der Waals surface area contributed by atoms with Gasteiger partial charge in [0, 0.05) is 12.8 Å². The lowest BCUT2D eigenvalue weighted by molar-refractivity contribution is -0.123. The zero-order valence-corrected chi connectivity index (χ0v) is 26.4. The highest BCUT2D eigenvalue weighted by atomic mass is 16.3. The van der Waals surface area contributed by atoms with E-state index in [0.717, 1.165) is 86.9 Å². The number of hydrogen-bond acceptors (Lipinski definition) is 4. The van der Waals surface area contributed by atoms with Crippen molar-refractivity contribution in [1.82, 2.24) is 0 Å². The second kappa shape index (κ2) is 11.3. The van der Waals surface area contributed by atoms with Gasteiger partial charge in [-0.1, -0.05) is 37.8 Å². The van der Waals surface area contributed by atoms with Crippen molar-refractivity contribution in [3.05, 3.63) is 23.3 Å². The molecule has 0 radical (unpaired) electrons. The number of hydrogen-bond donors (Lipinski definition) is 2. The molecule has 12 atom stereocenters. The number of allylic oxidation sites excluding steroid dienone is 4. The number of fused-ring (bicyclic) bond motifs is 10. The van der Waals surface area contributed by atoms with Gasteiger partial charge in [0.05, 0.1) is 12.2 Å². The van der Waals surface area contributed by atoms with Crippen LogP contribution < -0.4 is 0 Å². The van der Waals surface area contributed by atoms with E-state index in [1.807, 2.05) is 12.2 Å². The van der Waals surface area contributed by atoms with Crippen LogP contribution in [-0.4, -0.2) is 34.0 Å². The molecule has 42 heavy (non-hydrogen) atoms. The fourth-order valence-corrected chi connectivity index (χ4v) is 12.7. The maximum absolute atomic E-state index is 11.7. The highest BCUT2D eigenvalue weighted by molar-refractivity contribution is 5.91. The molecule has 4 nitrogen and oxygen atoms in total. The minimum atomic E-state index is -0.0814. The SMILES string of the molecule is CC12CCC3C4CCC(=O)C=C4CCC3C1CCCC2O.CC12CCC3C4CCC(=O)C=C4CCC3C1CCCC2O. The lowest BCUT2D eigenvalue weighted by Crippen LogP contribution is -2.53. The Hall–Kier alpha value is -1.26. The number of ketones is 2. The van der Waals surface area contributed by atoms with Crippen LogP contribution in [0.5, 0.6) is 0 Å². The molecule has 8 aliphatic rings. The van der Waals surface area contributed by atoms with Crippen molar-refractivity contribution in [3.8, 4) is 0 Å². The van der Waals surface area contributed by atoms with Crippen molar-refractivity contribution < 1.29 is 19.8 Å². The van der Waals surface area contributed by atoms with E-state index < -0.39 is 0 Å². The Morgan fingerprint density at radius 1 is 0.548 bits per heavy atom. The minimum absolute atomic E-state index is 0.0814.